The largest absolute Gasteiger partial charge is 0.493 e. The Labute approximate surface area is 173 Å². The van der Waals surface area contributed by atoms with Crippen molar-refractivity contribution < 1.29 is 22.6 Å². The molecule has 0 radical (unpaired) electrons. The van der Waals surface area contributed by atoms with E-state index < -0.39 is 11.7 Å². The highest BCUT2D eigenvalue weighted by atomic mass is 19.4. The highest BCUT2D eigenvalue weighted by Gasteiger charge is 2.30. The van der Waals surface area contributed by atoms with E-state index in [-0.39, 0.29) is 11.8 Å². The Bertz CT molecular complexity index is 1010. The Hall–Kier alpha value is -3.00. The minimum atomic E-state index is -4.46. The van der Waals surface area contributed by atoms with Crippen molar-refractivity contribution in [3.8, 4) is 17.2 Å². The molecule has 0 aliphatic carbocycles. The summed E-state index contributed by atoms with van der Waals surface area (Å²) in [5.41, 5.74) is 6.20. The summed E-state index contributed by atoms with van der Waals surface area (Å²) in [7, 11) is 1.48. The number of methoxy groups -OCH3 is 1. The molecule has 0 fully saturated rings. The van der Waals surface area contributed by atoms with Gasteiger partial charge in [-0.2, -0.15) is 13.2 Å². The maximum absolute atomic E-state index is 13.1. The van der Waals surface area contributed by atoms with Gasteiger partial charge in [0.05, 0.1) is 23.9 Å². The Balaban J connectivity index is 2.03. The third-order valence-electron chi connectivity index (χ3n) is 4.65. The van der Waals surface area contributed by atoms with Crippen LogP contribution < -0.4 is 20.5 Å². The van der Waals surface area contributed by atoms with Gasteiger partial charge in [0.25, 0.3) is 0 Å². The zero-order chi connectivity index (χ0) is 21.7. The summed E-state index contributed by atoms with van der Waals surface area (Å²) in [5.74, 6) is 0.756. The summed E-state index contributed by atoms with van der Waals surface area (Å²) in [6, 6.07) is 10.2. The third-order valence-corrected chi connectivity index (χ3v) is 4.65. The fourth-order valence-electron chi connectivity index (χ4n) is 3.18. The smallest absolute Gasteiger partial charge is 0.416 e. The number of benzene rings is 2. The van der Waals surface area contributed by atoms with Crippen molar-refractivity contribution in [3.05, 3.63) is 54.2 Å². The normalized spacial score (nSPS) is 12.6. The van der Waals surface area contributed by atoms with E-state index in [1.165, 1.54) is 19.2 Å². The van der Waals surface area contributed by atoms with Crippen molar-refractivity contribution in [2.45, 2.75) is 32.0 Å². The standard InChI is InChI=1S/C22H24F3N3O2/c1-14(6-4-10-26)28-18-13-19(29-2)21(17-9-5-11-27-20(17)18)30-16-8-3-7-15(12-16)22(23,24)25/h3,5,7-9,11-14,28H,4,6,10,26H2,1-2H3. The second kappa shape index (κ2) is 9.21. The molecular formula is C22H24F3N3O2. The molecule has 30 heavy (non-hydrogen) atoms. The van der Waals surface area contributed by atoms with E-state index in [0.29, 0.717) is 28.9 Å². The van der Waals surface area contributed by atoms with Crippen LogP contribution >= 0.6 is 0 Å². The van der Waals surface area contributed by atoms with Crippen molar-refractivity contribution in [3.63, 3.8) is 0 Å². The Morgan fingerprint density at radius 2 is 1.97 bits per heavy atom. The van der Waals surface area contributed by atoms with Gasteiger partial charge in [0, 0.05) is 23.7 Å². The first-order chi connectivity index (χ1) is 14.3. The Morgan fingerprint density at radius 1 is 1.17 bits per heavy atom. The van der Waals surface area contributed by atoms with Crippen LogP contribution in [0.1, 0.15) is 25.3 Å². The minimum absolute atomic E-state index is 0.0605. The van der Waals surface area contributed by atoms with Crippen molar-refractivity contribution in [1.82, 2.24) is 4.98 Å². The molecule has 3 rings (SSSR count). The number of nitrogens with one attached hydrogen (secondary N) is 1. The molecule has 3 N–H and O–H groups in total. The van der Waals surface area contributed by atoms with Crippen LogP contribution in [0.5, 0.6) is 17.2 Å². The summed E-state index contributed by atoms with van der Waals surface area (Å²) >= 11 is 0. The molecule has 0 spiro atoms. The second-order valence-corrected chi connectivity index (χ2v) is 6.96. The molecule has 1 atom stereocenters. The number of hydrogen-bond acceptors (Lipinski definition) is 5. The molecule has 8 heteroatoms. The SMILES string of the molecule is COc1cc(NC(C)CCCN)c2ncccc2c1Oc1cccc(C(F)(F)F)c1. The van der Waals surface area contributed by atoms with Gasteiger partial charge in [-0.3, -0.25) is 4.98 Å². The first-order valence-corrected chi connectivity index (χ1v) is 9.61. The summed E-state index contributed by atoms with van der Waals surface area (Å²) in [4.78, 5) is 4.45. The lowest BCUT2D eigenvalue weighted by Crippen LogP contribution is -2.17. The number of rotatable bonds is 8. The zero-order valence-corrected chi connectivity index (χ0v) is 16.8. The molecule has 0 aliphatic heterocycles. The van der Waals surface area contributed by atoms with Gasteiger partial charge in [-0.05, 0) is 56.6 Å². The maximum atomic E-state index is 13.1. The van der Waals surface area contributed by atoms with Gasteiger partial charge in [0.2, 0.25) is 0 Å². The topological polar surface area (TPSA) is 69.4 Å². The van der Waals surface area contributed by atoms with E-state index in [4.69, 9.17) is 15.2 Å². The Morgan fingerprint density at radius 3 is 2.67 bits per heavy atom. The van der Waals surface area contributed by atoms with Gasteiger partial charge >= 0.3 is 6.18 Å². The van der Waals surface area contributed by atoms with Crippen LogP contribution in [-0.2, 0) is 6.18 Å². The number of aromatic nitrogens is 1. The third kappa shape index (κ3) is 4.94. The number of fused-ring (bicyclic) bond motifs is 1. The van der Waals surface area contributed by atoms with Crippen molar-refractivity contribution in [2.24, 2.45) is 5.73 Å². The number of ether oxygens (including phenoxy) is 2. The maximum Gasteiger partial charge on any atom is 0.416 e. The zero-order valence-electron chi connectivity index (χ0n) is 16.8. The lowest BCUT2D eigenvalue weighted by Gasteiger charge is -2.20. The van der Waals surface area contributed by atoms with Crippen LogP contribution in [0.25, 0.3) is 10.9 Å². The van der Waals surface area contributed by atoms with E-state index in [2.05, 4.69) is 10.3 Å². The molecular weight excluding hydrogens is 395 g/mol. The van der Waals surface area contributed by atoms with Crippen molar-refractivity contribution in [2.75, 3.05) is 19.0 Å². The Kier molecular flexibility index (Phi) is 6.66. The number of alkyl halides is 3. The fraction of sp³-hybridized carbons (Fsp3) is 0.318. The van der Waals surface area contributed by atoms with Crippen molar-refractivity contribution in [1.29, 1.82) is 0 Å². The number of nitrogens with two attached hydrogens (primary N) is 1. The van der Waals surface area contributed by atoms with Gasteiger partial charge in [-0.15, -0.1) is 0 Å². The van der Waals surface area contributed by atoms with E-state index in [1.54, 1.807) is 24.4 Å². The average Bonchev–Trinajstić information content (AvgIpc) is 2.73. The van der Waals surface area contributed by atoms with E-state index in [1.807, 2.05) is 6.92 Å². The quantitative estimate of drug-likeness (QED) is 0.498. The summed E-state index contributed by atoms with van der Waals surface area (Å²) in [5, 5.41) is 4.04. The molecule has 0 amide bonds. The monoisotopic (exact) mass is 419 g/mol. The molecule has 160 valence electrons. The van der Waals surface area contributed by atoms with Crippen LogP contribution in [0.2, 0.25) is 0 Å². The molecule has 0 aliphatic rings. The first-order valence-electron chi connectivity index (χ1n) is 9.61. The summed E-state index contributed by atoms with van der Waals surface area (Å²) in [6.07, 6.45) is -1.04. The lowest BCUT2D eigenvalue weighted by molar-refractivity contribution is -0.137. The number of nitrogens with zero attached hydrogens (tertiary/aromatic N) is 1. The van der Waals surface area contributed by atoms with Gasteiger partial charge in [0.15, 0.2) is 11.5 Å². The fourth-order valence-corrected chi connectivity index (χ4v) is 3.18. The summed E-state index contributed by atoms with van der Waals surface area (Å²) < 4.78 is 50.5. The molecule has 3 aromatic rings. The van der Waals surface area contributed by atoms with Crippen molar-refractivity contribution >= 4 is 16.6 Å². The average molecular weight is 419 g/mol. The van der Waals surface area contributed by atoms with Gasteiger partial charge in [-0.1, -0.05) is 6.07 Å². The molecule has 5 nitrogen and oxygen atoms in total. The van der Waals surface area contributed by atoms with Crippen LogP contribution in [0.15, 0.2) is 48.7 Å². The van der Waals surface area contributed by atoms with E-state index in [9.17, 15) is 13.2 Å². The highest BCUT2D eigenvalue weighted by Crippen LogP contribution is 2.42. The minimum Gasteiger partial charge on any atom is -0.493 e. The van der Waals surface area contributed by atoms with Crippen LogP contribution in [-0.4, -0.2) is 24.7 Å². The predicted octanol–water partition coefficient (Wildman–Crippen LogP) is 5.59. The molecule has 1 unspecified atom stereocenters. The van der Waals surface area contributed by atoms with Crippen LogP contribution in [0.4, 0.5) is 18.9 Å². The number of hydrogen-bond donors (Lipinski definition) is 2. The molecule has 0 saturated heterocycles. The van der Waals surface area contributed by atoms with E-state index in [0.717, 1.165) is 30.7 Å². The lowest BCUT2D eigenvalue weighted by atomic mass is 10.1. The summed E-state index contributed by atoms with van der Waals surface area (Å²) in [6.45, 7) is 2.65. The predicted molar refractivity (Wildman–Crippen MR) is 111 cm³/mol. The molecule has 1 aromatic heterocycles. The van der Waals surface area contributed by atoms with E-state index >= 15 is 0 Å². The van der Waals surface area contributed by atoms with Crippen LogP contribution in [0, 0.1) is 0 Å². The van der Waals surface area contributed by atoms with Gasteiger partial charge in [0.1, 0.15) is 5.75 Å². The van der Waals surface area contributed by atoms with Crippen LogP contribution in [0.3, 0.4) is 0 Å². The second-order valence-electron chi connectivity index (χ2n) is 6.96. The van der Waals surface area contributed by atoms with Gasteiger partial charge in [-0.25, -0.2) is 0 Å². The molecule has 1 heterocycles. The molecule has 0 bridgehead atoms. The number of pyridine rings is 1. The molecule has 2 aromatic carbocycles. The number of halogens is 3. The first kappa shape index (κ1) is 21.7. The molecule has 0 saturated carbocycles. The number of anilines is 1. The highest BCUT2D eigenvalue weighted by molar-refractivity contribution is 5.97. The van der Waals surface area contributed by atoms with Gasteiger partial charge < -0.3 is 20.5 Å².